The lowest BCUT2D eigenvalue weighted by molar-refractivity contribution is 0.580. The number of nitrogens with one attached hydrogen (secondary N) is 1. The predicted octanol–water partition coefficient (Wildman–Crippen LogP) is -0.812. The van der Waals surface area contributed by atoms with Gasteiger partial charge < -0.3 is 0 Å². The maximum Gasteiger partial charge on any atom is 0.274 e. The van der Waals surface area contributed by atoms with Crippen molar-refractivity contribution in [3.05, 3.63) is 0 Å². The van der Waals surface area contributed by atoms with E-state index in [0.717, 1.165) is 6.42 Å². The first-order valence-corrected chi connectivity index (χ1v) is 4.34. The molecule has 9 heavy (non-hydrogen) atoms. The lowest BCUT2D eigenvalue weighted by Crippen LogP contribution is -2.33. The summed E-state index contributed by atoms with van der Waals surface area (Å²) in [6.07, 6.45) is 0.913. The Hall–Kier alpha value is -0.130. The molecule has 1 fully saturated rings. The Bertz CT molecular complexity index is 199. The fourth-order valence-corrected chi connectivity index (χ4v) is 1.45. The summed E-state index contributed by atoms with van der Waals surface area (Å²) in [5.41, 5.74) is 0. The van der Waals surface area contributed by atoms with Crippen LogP contribution in [0.15, 0.2) is 0 Å². The number of hydrogen-bond acceptors (Lipinski definition) is 2. The van der Waals surface area contributed by atoms with Crippen LogP contribution in [0, 0.1) is 5.92 Å². The van der Waals surface area contributed by atoms with Crippen LogP contribution in [0.25, 0.3) is 0 Å². The first-order valence-electron chi connectivity index (χ1n) is 2.79. The van der Waals surface area contributed by atoms with E-state index in [0.29, 0.717) is 5.92 Å². The molecular formula is C4H10N2O2S. The first-order chi connectivity index (χ1) is 3.99. The van der Waals surface area contributed by atoms with Crippen LogP contribution < -0.4 is 9.86 Å². The lowest BCUT2D eigenvalue weighted by atomic mass is 10.5. The Balaban J connectivity index is 2.37. The summed E-state index contributed by atoms with van der Waals surface area (Å²) in [5, 5.41) is 4.70. The normalized spacial score (nSPS) is 34.4. The Kier molecular flexibility index (Phi) is 1.50. The molecular weight excluding hydrogens is 140 g/mol. The van der Waals surface area contributed by atoms with Gasteiger partial charge in [0.2, 0.25) is 0 Å². The van der Waals surface area contributed by atoms with E-state index < -0.39 is 10.2 Å². The summed E-state index contributed by atoms with van der Waals surface area (Å²) in [6, 6.07) is 0.0972. The molecule has 4 nitrogen and oxygen atoms in total. The molecule has 2 atom stereocenters. The highest BCUT2D eigenvalue weighted by atomic mass is 32.2. The van der Waals surface area contributed by atoms with E-state index >= 15 is 0 Å². The third-order valence-corrected chi connectivity index (χ3v) is 2.06. The van der Waals surface area contributed by atoms with Crippen LogP contribution in [0.3, 0.4) is 0 Å². The Morgan fingerprint density at radius 1 is 1.67 bits per heavy atom. The van der Waals surface area contributed by atoms with Crippen LogP contribution in [0.5, 0.6) is 0 Å². The summed E-state index contributed by atoms with van der Waals surface area (Å²) < 4.78 is 22.9. The minimum absolute atomic E-state index is 0.0972. The average Bonchev–Trinajstić information content (AvgIpc) is 2.13. The molecule has 0 aromatic rings. The van der Waals surface area contributed by atoms with Gasteiger partial charge in [-0.3, -0.25) is 0 Å². The van der Waals surface area contributed by atoms with E-state index in [-0.39, 0.29) is 6.04 Å². The smallest absolute Gasteiger partial charge is 0.216 e. The number of rotatable bonds is 2. The van der Waals surface area contributed by atoms with Gasteiger partial charge in [-0.1, -0.05) is 6.92 Å². The number of hydrogen-bond donors (Lipinski definition) is 2. The maximum atomic E-state index is 10.3. The fourth-order valence-electron chi connectivity index (χ4n) is 0.697. The van der Waals surface area contributed by atoms with Gasteiger partial charge in [-0.25, -0.2) is 5.14 Å². The molecule has 0 aliphatic heterocycles. The predicted molar refractivity (Wildman–Crippen MR) is 33.8 cm³/mol. The zero-order chi connectivity index (χ0) is 7.07. The molecule has 5 heteroatoms. The van der Waals surface area contributed by atoms with Crippen LogP contribution in [-0.2, 0) is 10.2 Å². The molecule has 1 aliphatic carbocycles. The third-order valence-electron chi connectivity index (χ3n) is 1.43. The quantitative estimate of drug-likeness (QED) is 0.540. The number of nitrogens with two attached hydrogens (primary N) is 1. The summed E-state index contributed by atoms with van der Waals surface area (Å²) in [5.74, 6) is 0.461. The zero-order valence-electron chi connectivity index (χ0n) is 5.16. The molecule has 0 aromatic carbocycles. The first kappa shape index (κ1) is 6.98. The largest absolute Gasteiger partial charge is 0.274 e. The van der Waals surface area contributed by atoms with E-state index in [1.807, 2.05) is 6.92 Å². The van der Waals surface area contributed by atoms with Crippen molar-refractivity contribution >= 4 is 10.2 Å². The van der Waals surface area contributed by atoms with Gasteiger partial charge in [0.25, 0.3) is 10.2 Å². The molecule has 1 aliphatic rings. The fraction of sp³-hybridized carbons (Fsp3) is 1.00. The highest BCUT2D eigenvalue weighted by Crippen LogP contribution is 2.29. The van der Waals surface area contributed by atoms with Crippen molar-refractivity contribution in [2.45, 2.75) is 19.4 Å². The van der Waals surface area contributed by atoms with Gasteiger partial charge in [-0.2, -0.15) is 13.1 Å². The monoisotopic (exact) mass is 150 g/mol. The van der Waals surface area contributed by atoms with Gasteiger partial charge in [0, 0.05) is 6.04 Å². The van der Waals surface area contributed by atoms with Gasteiger partial charge in [-0.15, -0.1) is 0 Å². The molecule has 1 rings (SSSR count). The van der Waals surface area contributed by atoms with Gasteiger partial charge in [0.05, 0.1) is 0 Å². The molecule has 0 unspecified atom stereocenters. The minimum Gasteiger partial charge on any atom is -0.216 e. The summed E-state index contributed by atoms with van der Waals surface area (Å²) in [7, 11) is -3.44. The molecule has 0 heterocycles. The maximum absolute atomic E-state index is 10.3. The molecule has 54 valence electrons. The standard InChI is InChI=1S/C4H10N2O2S/c1-3-2-4(3)6-9(5,7)8/h3-4,6H,2H2,1H3,(H2,5,7,8)/t3-,4-/m1/s1. The van der Waals surface area contributed by atoms with Gasteiger partial charge >= 0.3 is 0 Å². The molecule has 0 bridgehead atoms. The van der Waals surface area contributed by atoms with Crippen molar-refractivity contribution in [2.24, 2.45) is 11.1 Å². The summed E-state index contributed by atoms with van der Waals surface area (Å²) in [6.45, 7) is 1.98. The van der Waals surface area contributed by atoms with Crippen LogP contribution in [-0.4, -0.2) is 14.5 Å². The molecule has 0 saturated heterocycles. The van der Waals surface area contributed by atoms with Crippen LogP contribution in [0.2, 0.25) is 0 Å². The zero-order valence-corrected chi connectivity index (χ0v) is 5.98. The van der Waals surface area contributed by atoms with Crippen molar-refractivity contribution in [1.29, 1.82) is 0 Å². The Morgan fingerprint density at radius 2 is 2.11 bits per heavy atom. The molecule has 0 aromatic heterocycles. The van der Waals surface area contributed by atoms with Crippen molar-refractivity contribution in [3.8, 4) is 0 Å². The van der Waals surface area contributed by atoms with E-state index in [1.165, 1.54) is 0 Å². The van der Waals surface area contributed by atoms with E-state index in [2.05, 4.69) is 4.72 Å². The van der Waals surface area contributed by atoms with Crippen molar-refractivity contribution in [3.63, 3.8) is 0 Å². The highest BCUT2D eigenvalue weighted by Gasteiger charge is 2.34. The van der Waals surface area contributed by atoms with E-state index in [1.54, 1.807) is 0 Å². The lowest BCUT2D eigenvalue weighted by Gasteiger charge is -1.95. The van der Waals surface area contributed by atoms with Crippen LogP contribution >= 0.6 is 0 Å². The van der Waals surface area contributed by atoms with Crippen LogP contribution in [0.4, 0.5) is 0 Å². The Labute approximate surface area is 54.6 Å². The average molecular weight is 150 g/mol. The second-order valence-corrected chi connectivity index (χ2v) is 3.81. The van der Waals surface area contributed by atoms with Crippen molar-refractivity contribution < 1.29 is 8.42 Å². The van der Waals surface area contributed by atoms with E-state index in [4.69, 9.17) is 5.14 Å². The van der Waals surface area contributed by atoms with Gasteiger partial charge in [0.1, 0.15) is 0 Å². The molecule has 3 N–H and O–H groups in total. The third kappa shape index (κ3) is 2.30. The Morgan fingerprint density at radius 3 is 2.22 bits per heavy atom. The summed E-state index contributed by atoms with van der Waals surface area (Å²) in [4.78, 5) is 0. The van der Waals surface area contributed by atoms with Gasteiger partial charge in [-0.05, 0) is 12.3 Å². The topological polar surface area (TPSA) is 72.2 Å². The molecule has 0 spiro atoms. The molecule has 1 saturated carbocycles. The second kappa shape index (κ2) is 1.93. The van der Waals surface area contributed by atoms with Crippen LogP contribution in [0.1, 0.15) is 13.3 Å². The highest BCUT2D eigenvalue weighted by molar-refractivity contribution is 7.87. The van der Waals surface area contributed by atoms with Crippen molar-refractivity contribution in [1.82, 2.24) is 4.72 Å². The minimum atomic E-state index is -3.44. The van der Waals surface area contributed by atoms with Gasteiger partial charge in [0.15, 0.2) is 0 Å². The summed E-state index contributed by atoms with van der Waals surface area (Å²) >= 11 is 0. The van der Waals surface area contributed by atoms with E-state index in [9.17, 15) is 8.42 Å². The second-order valence-electron chi connectivity index (χ2n) is 2.48. The SMILES string of the molecule is C[C@@H]1C[C@H]1NS(N)(=O)=O. The van der Waals surface area contributed by atoms with Crippen molar-refractivity contribution in [2.75, 3.05) is 0 Å². The molecule has 0 amide bonds. The molecule has 0 radical (unpaired) electrons.